The van der Waals surface area contributed by atoms with Gasteiger partial charge in [0.05, 0.1) is 0 Å². The number of urea groups is 1. The summed E-state index contributed by atoms with van der Waals surface area (Å²) in [6.45, 7) is 7.11. The van der Waals surface area contributed by atoms with Gasteiger partial charge in [0, 0.05) is 29.7 Å². The van der Waals surface area contributed by atoms with Crippen molar-refractivity contribution in [2.24, 2.45) is 5.92 Å². The predicted octanol–water partition coefficient (Wildman–Crippen LogP) is 3.83. The lowest BCUT2D eigenvalue weighted by Gasteiger charge is -2.15. The monoisotopic (exact) mass is 301 g/mol. The van der Waals surface area contributed by atoms with E-state index in [0.717, 1.165) is 24.8 Å². The number of carbonyl (C=O) groups excluding carboxylic acids is 1. The zero-order valence-corrected chi connectivity index (χ0v) is 13.8. The Hall–Kier alpha value is -1.97. The van der Waals surface area contributed by atoms with E-state index in [4.69, 9.17) is 0 Å². The Morgan fingerprint density at radius 2 is 1.95 bits per heavy atom. The molecule has 4 heteroatoms. The highest BCUT2D eigenvalue weighted by Gasteiger charge is 2.08. The van der Waals surface area contributed by atoms with Crippen molar-refractivity contribution in [3.8, 4) is 0 Å². The second kappa shape index (κ2) is 7.87. The lowest BCUT2D eigenvalue weighted by molar-refractivity contribution is 0.236. The topological polar surface area (TPSA) is 56.9 Å². The first-order valence-corrected chi connectivity index (χ1v) is 8.15. The Labute approximate surface area is 132 Å². The molecule has 2 rings (SSSR count). The first kappa shape index (κ1) is 16.4. The van der Waals surface area contributed by atoms with Crippen LogP contribution in [0.3, 0.4) is 0 Å². The first-order chi connectivity index (χ1) is 10.6. The summed E-state index contributed by atoms with van der Waals surface area (Å²) >= 11 is 0. The van der Waals surface area contributed by atoms with Gasteiger partial charge in [0.15, 0.2) is 0 Å². The Balaban J connectivity index is 1.73. The highest BCUT2D eigenvalue weighted by atomic mass is 16.2. The Bertz CT molecular complexity index is 603. The summed E-state index contributed by atoms with van der Waals surface area (Å²) in [7, 11) is 0. The number of carbonyl (C=O) groups is 1. The molecule has 0 spiro atoms. The van der Waals surface area contributed by atoms with Gasteiger partial charge in [0.2, 0.25) is 0 Å². The van der Waals surface area contributed by atoms with Crippen LogP contribution in [0.1, 0.15) is 39.2 Å². The van der Waals surface area contributed by atoms with Crippen molar-refractivity contribution in [2.75, 3.05) is 6.54 Å². The lowest BCUT2D eigenvalue weighted by atomic mass is 10.0. The number of amides is 2. The molecule has 0 fully saturated rings. The zero-order chi connectivity index (χ0) is 15.9. The molecule has 120 valence electrons. The van der Waals surface area contributed by atoms with Crippen LogP contribution in [-0.2, 0) is 6.42 Å². The molecule has 1 aromatic heterocycles. The van der Waals surface area contributed by atoms with Crippen LogP contribution in [0, 0.1) is 5.92 Å². The Kier molecular flexibility index (Phi) is 5.87. The number of hydrogen-bond acceptors (Lipinski definition) is 1. The van der Waals surface area contributed by atoms with Crippen LogP contribution in [-0.4, -0.2) is 23.6 Å². The summed E-state index contributed by atoms with van der Waals surface area (Å²) in [4.78, 5) is 15.1. The Morgan fingerprint density at radius 3 is 2.73 bits per heavy atom. The number of aromatic nitrogens is 1. The molecule has 1 aromatic carbocycles. The van der Waals surface area contributed by atoms with E-state index in [1.165, 1.54) is 10.9 Å². The van der Waals surface area contributed by atoms with Crippen molar-refractivity contribution < 1.29 is 4.79 Å². The summed E-state index contributed by atoms with van der Waals surface area (Å²) in [5.41, 5.74) is 2.38. The van der Waals surface area contributed by atoms with E-state index in [-0.39, 0.29) is 12.1 Å². The molecular weight excluding hydrogens is 274 g/mol. The molecule has 2 amide bonds. The van der Waals surface area contributed by atoms with Crippen LogP contribution in [0.25, 0.3) is 10.9 Å². The maximum absolute atomic E-state index is 11.9. The van der Waals surface area contributed by atoms with E-state index in [1.807, 2.05) is 18.3 Å². The van der Waals surface area contributed by atoms with Crippen LogP contribution in [0.2, 0.25) is 0 Å². The molecule has 0 radical (unpaired) electrons. The van der Waals surface area contributed by atoms with Crippen LogP contribution >= 0.6 is 0 Å². The normalized spacial score (nSPS) is 12.5. The van der Waals surface area contributed by atoms with Crippen molar-refractivity contribution in [3.05, 3.63) is 36.0 Å². The lowest BCUT2D eigenvalue weighted by Crippen LogP contribution is -2.41. The maximum atomic E-state index is 11.9. The first-order valence-electron chi connectivity index (χ1n) is 8.15. The summed E-state index contributed by atoms with van der Waals surface area (Å²) in [6.07, 6.45) is 5.01. The smallest absolute Gasteiger partial charge is 0.315 e. The van der Waals surface area contributed by atoms with E-state index in [0.29, 0.717) is 12.5 Å². The third kappa shape index (κ3) is 4.79. The van der Waals surface area contributed by atoms with E-state index < -0.39 is 0 Å². The molecule has 0 aliphatic carbocycles. The minimum atomic E-state index is -0.0731. The van der Waals surface area contributed by atoms with Crippen molar-refractivity contribution in [2.45, 2.75) is 46.1 Å². The molecule has 2 aromatic rings. The standard InChI is InChI=1S/C18H27N3O/c1-13(2)8-9-14(3)21-18(22)19-11-10-15-12-20-17-7-5-4-6-16(15)17/h4-7,12-14,20H,8-11H2,1-3H3,(H2,19,21,22). The fourth-order valence-electron chi connectivity index (χ4n) is 2.58. The quantitative estimate of drug-likeness (QED) is 0.715. The van der Waals surface area contributed by atoms with Crippen molar-refractivity contribution >= 4 is 16.9 Å². The van der Waals surface area contributed by atoms with Gasteiger partial charge in [-0.15, -0.1) is 0 Å². The second-order valence-corrected chi connectivity index (χ2v) is 6.38. The minimum Gasteiger partial charge on any atom is -0.361 e. The minimum absolute atomic E-state index is 0.0731. The number of nitrogens with one attached hydrogen (secondary N) is 3. The van der Waals surface area contributed by atoms with E-state index in [1.54, 1.807) is 0 Å². The van der Waals surface area contributed by atoms with Gasteiger partial charge in [-0.2, -0.15) is 0 Å². The van der Waals surface area contributed by atoms with Crippen molar-refractivity contribution in [1.29, 1.82) is 0 Å². The van der Waals surface area contributed by atoms with E-state index >= 15 is 0 Å². The molecule has 22 heavy (non-hydrogen) atoms. The number of para-hydroxylation sites is 1. The number of benzene rings is 1. The number of fused-ring (bicyclic) bond motifs is 1. The summed E-state index contributed by atoms with van der Waals surface area (Å²) < 4.78 is 0. The molecular formula is C18H27N3O. The molecule has 0 aliphatic rings. The summed E-state index contributed by atoms with van der Waals surface area (Å²) in [5, 5.41) is 7.17. The molecule has 1 atom stereocenters. The van der Waals surface area contributed by atoms with E-state index in [9.17, 15) is 4.79 Å². The largest absolute Gasteiger partial charge is 0.361 e. The van der Waals surface area contributed by atoms with Crippen molar-refractivity contribution in [3.63, 3.8) is 0 Å². The number of H-pyrrole nitrogens is 1. The molecule has 1 unspecified atom stereocenters. The molecule has 0 aliphatic heterocycles. The number of hydrogen-bond donors (Lipinski definition) is 3. The number of rotatable bonds is 7. The number of aromatic amines is 1. The molecule has 3 N–H and O–H groups in total. The molecule has 0 saturated heterocycles. The molecule has 4 nitrogen and oxygen atoms in total. The Morgan fingerprint density at radius 1 is 1.18 bits per heavy atom. The second-order valence-electron chi connectivity index (χ2n) is 6.38. The van der Waals surface area contributed by atoms with Gasteiger partial charge in [-0.05, 0) is 43.7 Å². The highest BCUT2D eigenvalue weighted by molar-refractivity contribution is 5.83. The molecule has 0 bridgehead atoms. The van der Waals surface area contributed by atoms with Crippen molar-refractivity contribution in [1.82, 2.24) is 15.6 Å². The van der Waals surface area contributed by atoms with Crippen LogP contribution < -0.4 is 10.6 Å². The van der Waals surface area contributed by atoms with Gasteiger partial charge in [-0.25, -0.2) is 4.79 Å². The van der Waals surface area contributed by atoms with Gasteiger partial charge >= 0.3 is 6.03 Å². The van der Waals surface area contributed by atoms with Gasteiger partial charge < -0.3 is 15.6 Å². The van der Waals surface area contributed by atoms with Gasteiger partial charge in [-0.3, -0.25) is 0 Å². The van der Waals surface area contributed by atoms with Crippen LogP contribution in [0.4, 0.5) is 4.79 Å². The SMILES string of the molecule is CC(C)CCC(C)NC(=O)NCCc1c[nH]c2ccccc12. The summed E-state index contributed by atoms with van der Waals surface area (Å²) in [6, 6.07) is 8.37. The fourth-order valence-corrected chi connectivity index (χ4v) is 2.58. The summed E-state index contributed by atoms with van der Waals surface area (Å²) in [5.74, 6) is 0.675. The third-order valence-electron chi connectivity index (χ3n) is 3.91. The van der Waals surface area contributed by atoms with Crippen LogP contribution in [0.15, 0.2) is 30.5 Å². The average molecular weight is 301 g/mol. The fraction of sp³-hybridized carbons (Fsp3) is 0.500. The van der Waals surface area contributed by atoms with Crippen LogP contribution in [0.5, 0.6) is 0 Å². The predicted molar refractivity (Wildman–Crippen MR) is 92.1 cm³/mol. The van der Waals surface area contributed by atoms with Gasteiger partial charge in [0.25, 0.3) is 0 Å². The zero-order valence-electron chi connectivity index (χ0n) is 13.8. The molecule has 0 saturated carbocycles. The van der Waals surface area contributed by atoms with Gasteiger partial charge in [-0.1, -0.05) is 32.0 Å². The van der Waals surface area contributed by atoms with E-state index in [2.05, 4.69) is 48.5 Å². The maximum Gasteiger partial charge on any atom is 0.315 e. The van der Waals surface area contributed by atoms with Gasteiger partial charge in [0.1, 0.15) is 0 Å². The average Bonchev–Trinajstić information content (AvgIpc) is 2.89. The third-order valence-corrected chi connectivity index (χ3v) is 3.91. The molecule has 1 heterocycles. The highest BCUT2D eigenvalue weighted by Crippen LogP contribution is 2.17.